The van der Waals surface area contributed by atoms with Gasteiger partial charge in [-0.05, 0) is 32.1 Å². The van der Waals surface area contributed by atoms with Gasteiger partial charge in [-0.15, -0.1) is 0 Å². The number of carbonyl (C=O) groups excluding carboxylic acids is 1. The van der Waals surface area contributed by atoms with Crippen LogP contribution in [0.15, 0.2) is 0 Å². The van der Waals surface area contributed by atoms with Gasteiger partial charge in [0.2, 0.25) is 0 Å². The van der Waals surface area contributed by atoms with E-state index in [1.165, 1.54) is 0 Å². The average Bonchev–Trinajstić information content (AvgIpc) is 2.30. The Kier molecular flexibility index (Phi) is 3.41. The maximum atomic E-state index is 12.5. The number of hydrogen-bond acceptors (Lipinski definition) is 4. The largest absolute Gasteiger partial charge is 0.490 e. The second kappa shape index (κ2) is 4.37. The molecule has 2 bridgehead atoms. The van der Waals surface area contributed by atoms with Crippen LogP contribution in [0.4, 0.5) is 13.2 Å². The number of hydrogen-bond donors (Lipinski definition) is 1. The first-order valence-electron chi connectivity index (χ1n) is 6.44. The highest BCUT2D eigenvalue weighted by Crippen LogP contribution is 2.68. The predicted octanol–water partition coefficient (Wildman–Crippen LogP) is 1.97. The second-order valence-electron chi connectivity index (χ2n) is 6.33. The molecule has 20 heavy (non-hydrogen) atoms. The molecule has 3 aliphatic rings. The zero-order valence-corrected chi connectivity index (χ0v) is 11.6. The van der Waals surface area contributed by atoms with Crippen LogP contribution in [-0.2, 0) is 14.2 Å². The molecule has 0 aliphatic heterocycles. The molecule has 3 rings (SSSR count). The molecule has 0 amide bonds. The molecule has 0 aromatic rings. The molecule has 8 heteroatoms. The summed E-state index contributed by atoms with van der Waals surface area (Å²) in [6.45, 7) is 5.10. The Hall–Kier alpha value is -0.755. The maximum Gasteiger partial charge on any atom is 0.490 e. The molecule has 0 saturated heterocycles. The predicted molar refractivity (Wildman–Crippen MR) is 63.5 cm³/mol. The number of carbonyl (C=O) groups is 1. The van der Waals surface area contributed by atoms with Gasteiger partial charge in [-0.1, -0.05) is 13.8 Å². The van der Waals surface area contributed by atoms with Crippen LogP contribution in [0.25, 0.3) is 0 Å². The van der Waals surface area contributed by atoms with Crippen LogP contribution in [0, 0.1) is 11.3 Å². The highest BCUT2D eigenvalue weighted by molar-refractivity contribution is 6.16. The Labute approximate surface area is 115 Å². The van der Waals surface area contributed by atoms with Gasteiger partial charge in [-0.3, -0.25) is 0 Å². The van der Waals surface area contributed by atoms with Crippen molar-refractivity contribution in [3.05, 3.63) is 0 Å². The van der Waals surface area contributed by atoms with E-state index in [0.717, 1.165) is 6.42 Å². The number of halogens is 3. The summed E-state index contributed by atoms with van der Waals surface area (Å²) >= 11 is 0. The fourth-order valence-corrected chi connectivity index (χ4v) is 3.84. The van der Waals surface area contributed by atoms with Crippen molar-refractivity contribution in [1.82, 2.24) is 0 Å². The SMILES string of the molecule is CC1(C)[C@H]2CC[C@](C)(O[B]O)[C@]1(OC(=O)C(F)(F)F)C2. The van der Waals surface area contributed by atoms with Crippen molar-refractivity contribution >= 4 is 13.7 Å². The van der Waals surface area contributed by atoms with Gasteiger partial charge in [-0.25, -0.2) is 4.79 Å². The Balaban J connectivity index is 2.34. The standard InChI is InChI=1S/C12H17BF3O4/c1-9(2)7-4-5-10(3,20-13-18)11(9,6-7)19-8(17)12(14,15)16/h7,18H,4-6H2,1-3H3/t7-,10-,11-/m0/s1. The Morgan fingerprint density at radius 1 is 1.35 bits per heavy atom. The fraction of sp³-hybridized carbons (Fsp3) is 0.917. The van der Waals surface area contributed by atoms with E-state index in [1.54, 1.807) is 20.8 Å². The van der Waals surface area contributed by atoms with Crippen molar-refractivity contribution < 1.29 is 32.4 Å². The van der Waals surface area contributed by atoms with Crippen LogP contribution in [0.5, 0.6) is 0 Å². The number of esters is 1. The van der Waals surface area contributed by atoms with Crippen molar-refractivity contribution in [3.8, 4) is 0 Å². The molecule has 113 valence electrons. The minimum Gasteiger partial charge on any atom is -0.449 e. The molecule has 0 unspecified atom stereocenters. The molecular weight excluding hydrogens is 276 g/mol. The van der Waals surface area contributed by atoms with Crippen molar-refractivity contribution in [1.29, 1.82) is 0 Å². The lowest BCUT2D eigenvalue weighted by Gasteiger charge is -2.70. The molecule has 4 nitrogen and oxygen atoms in total. The van der Waals surface area contributed by atoms with Crippen LogP contribution in [-0.4, -0.2) is 36.1 Å². The lowest BCUT2D eigenvalue weighted by Crippen LogP contribution is -2.77. The Bertz CT molecular complexity index is 421. The fourth-order valence-electron chi connectivity index (χ4n) is 3.84. The average molecular weight is 293 g/mol. The van der Waals surface area contributed by atoms with Gasteiger partial charge < -0.3 is 14.4 Å². The highest BCUT2D eigenvalue weighted by atomic mass is 19.4. The van der Waals surface area contributed by atoms with Gasteiger partial charge in [0, 0.05) is 5.41 Å². The minimum atomic E-state index is -5.04. The summed E-state index contributed by atoms with van der Waals surface area (Å²) in [4.78, 5) is 11.3. The lowest BCUT2D eigenvalue weighted by molar-refractivity contribution is -0.324. The smallest absolute Gasteiger partial charge is 0.449 e. The highest BCUT2D eigenvalue weighted by Gasteiger charge is 2.74. The van der Waals surface area contributed by atoms with E-state index < -0.39 is 28.8 Å². The first-order chi connectivity index (χ1) is 9.00. The molecule has 3 atom stereocenters. The first kappa shape index (κ1) is 15.6. The van der Waals surface area contributed by atoms with Crippen molar-refractivity contribution in [2.45, 2.75) is 57.4 Å². The maximum absolute atomic E-state index is 12.5. The summed E-state index contributed by atoms with van der Waals surface area (Å²) in [5.74, 6) is -2.03. The third-order valence-corrected chi connectivity index (χ3v) is 5.23. The molecule has 3 aliphatic carbocycles. The van der Waals surface area contributed by atoms with E-state index in [-0.39, 0.29) is 5.92 Å². The normalized spacial score (nSPS) is 38.9. The Morgan fingerprint density at radius 2 is 1.95 bits per heavy atom. The third-order valence-electron chi connectivity index (χ3n) is 5.23. The van der Waals surface area contributed by atoms with E-state index in [1.807, 2.05) is 0 Å². The minimum absolute atomic E-state index is 0.180. The van der Waals surface area contributed by atoms with Crippen molar-refractivity contribution in [3.63, 3.8) is 0 Å². The summed E-state index contributed by atoms with van der Waals surface area (Å²) in [5, 5.41) is 8.89. The molecule has 0 aromatic heterocycles. The molecule has 0 spiro atoms. The molecule has 0 aromatic carbocycles. The quantitative estimate of drug-likeness (QED) is 0.638. The van der Waals surface area contributed by atoms with Crippen LogP contribution in [0.2, 0.25) is 0 Å². The van der Waals surface area contributed by atoms with Gasteiger partial charge in [0.15, 0.2) is 0 Å². The third kappa shape index (κ3) is 1.88. The van der Waals surface area contributed by atoms with Crippen molar-refractivity contribution in [2.24, 2.45) is 11.3 Å². The molecule has 3 fully saturated rings. The molecule has 1 N–H and O–H groups in total. The summed E-state index contributed by atoms with van der Waals surface area (Å²) in [5.41, 5.74) is -3.18. The molecule has 0 heterocycles. The van der Waals surface area contributed by atoms with Crippen LogP contribution in [0.1, 0.15) is 40.0 Å². The summed E-state index contributed by atoms with van der Waals surface area (Å²) in [6.07, 6.45) is -3.56. The van der Waals surface area contributed by atoms with Gasteiger partial charge in [0.1, 0.15) is 5.60 Å². The molecule has 3 saturated carbocycles. The van der Waals surface area contributed by atoms with E-state index in [9.17, 15) is 18.0 Å². The lowest BCUT2D eigenvalue weighted by atomic mass is 9.41. The zero-order valence-electron chi connectivity index (χ0n) is 11.6. The summed E-state index contributed by atoms with van der Waals surface area (Å²) in [7, 11) is 0.456. The van der Waals surface area contributed by atoms with Crippen molar-refractivity contribution in [2.75, 3.05) is 0 Å². The first-order valence-corrected chi connectivity index (χ1v) is 6.44. The summed E-state index contributed by atoms with van der Waals surface area (Å²) < 4.78 is 47.6. The number of rotatable bonds is 3. The Morgan fingerprint density at radius 3 is 2.40 bits per heavy atom. The van der Waals surface area contributed by atoms with Crippen LogP contribution < -0.4 is 0 Å². The number of alkyl halides is 3. The van der Waals surface area contributed by atoms with E-state index in [4.69, 9.17) is 14.4 Å². The van der Waals surface area contributed by atoms with E-state index in [0.29, 0.717) is 20.5 Å². The van der Waals surface area contributed by atoms with Crippen LogP contribution >= 0.6 is 0 Å². The topological polar surface area (TPSA) is 55.8 Å². The molecule has 1 radical (unpaired) electrons. The van der Waals surface area contributed by atoms with Gasteiger partial charge in [0.05, 0.1) is 5.60 Å². The summed E-state index contributed by atoms with van der Waals surface area (Å²) in [6, 6.07) is 0. The van der Waals surface area contributed by atoms with Gasteiger partial charge >= 0.3 is 19.8 Å². The number of ether oxygens (including phenoxy) is 1. The van der Waals surface area contributed by atoms with E-state index in [2.05, 4.69) is 0 Å². The van der Waals surface area contributed by atoms with Gasteiger partial charge in [-0.2, -0.15) is 13.2 Å². The van der Waals surface area contributed by atoms with E-state index >= 15 is 0 Å². The zero-order chi connectivity index (χ0) is 15.4. The van der Waals surface area contributed by atoms with Crippen LogP contribution in [0.3, 0.4) is 0 Å². The second-order valence-corrected chi connectivity index (χ2v) is 6.33. The van der Waals surface area contributed by atoms with Gasteiger partial charge in [0.25, 0.3) is 0 Å². The molecular formula is C12H17BF3O4. The monoisotopic (exact) mass is 293 g/mol. The number of fused-ring (bicyclic) bond motifs is 2.